The van der Waals surface area contributed by atoms with Crippen molar-refractivity contribution in [1.29, 1.82) is 0 Å². The van der Waals surface area contributed by atoms with E-state index in [1.807, 2.05) is 0 Å². The first kappa shape index (κ1) is 23.9. The van der Waals surface area contributed by atoms with Gasteiger partial charge in [-0.3, -0.25) is 9.89 Å². The van der Waals surface area contributed by atoms with E-state index in [1.165, 1.54) is 13.0 Å². The maximum absolute atomic E-state index is 5.37. The molecule has 7 heteroatoms. The fourth-order valence-corrected chi connectivity index (χ4v) is 2.68. The highest BCUT2D eigenvalue weighted by atomic mass is 127. The molecule has 1 fully saturated rings. The largest absolute Gasteiger partial charge is 0.379 e. The summed E-state index contributed by atoms with van der Waals surface area (Å²) < 4.78 is 5.37. The lowest BCUT2D eigenvalue weighted by molar-refractivity contribution is 0.0389. The van der Waals surface area contributed by atoms with Gasteiger partial charge in [-0.15, -0.1) is 24.0 Å². The summed E-state index contributed by atoms with van der Waals surface area (Å²) in [4.78, 5) is 9.58. The molecule has 0 saturated carbocycles. The van der Waals surface area contributed by atoms with Crippen molar-refractivity contribution in [3.8, 4) is 0 Å². The number of hydrogen-bond donors (Lipinski definition) is 2. The van der Waals surface area contributed by atoms with Crippen LogP contribution in [0.25, 0.3) is 0 Å². The van der Waals surface area contributed by atoms with Crippen molar-refractivity contribution in [2.24, 2.45) is 4.99 Å². The van der Waals surface area contributed by atoms with Crippen LogP contribution in [-0.4, -0.2) is 87.9 Å². The summed E-state index contributed by atoms with van der Waals surface area (Å²) in [6, 6.07) is 0. The highest BCUT2D eigenvalue weighted by Crippen LogP contribution is 1.96. The van der Waals surface area contributed by atoms with Gasteiger partial charge in [0.05, 0.1) is 13.2 Å². The number of aliphatic imine (C=N–C) groups is 1. The fourth-order valence-electron chi connectivity index (χ4n) is 2.68. The zero-order valence-electron chi connectivity index (χ0n) is 15.9. The lowest BCUT2D eigenvalue weighted by Crippen LogP contribution is -2.44. The first-order valence-electron chi connectivity index (χ1n) is 9.34. The maximum Gasteiger partial charge on any atom is 0.191 e. The molecule has 6 nitrogen and oxygen atoms in total. The minimum Gasteiger partial charge on any atom is -0.379 e. The number of nitrogens with one attached hydrogen (secondary N) is 2. The van der Waals surface area contributed by atoms with Gasteiger partial charge in [-0.1, -0.05) is 13.8 Å². The van der Waals surface area contributed by atoms with Crippen molar-refractivity contribution in [2.45, 2.75) is 33.6 Å². The molecule has 2 N–H and O–H groups in total. The van der Waals surface area contributed by atoms with Crippen molar-refractivity contribution in [1.82, 2.24) is 20.4 Å². The molecule has 1 aliphatic heterocycles. The van der Waals surface area contributed by atoms with Gasteiger partial charge in [0.15, 0.2) is 5.96 Å². The molecule has 144 valence electrons. The van der Waals surface area contributed by atoms with Crippen LogP contribution >= 0.6 is 24.0 Å². The van der Waals surface area contributed by atoms with Gasteiger partial charge in [0, 0.05) is 39.3 Å². The second-order valence-corrected chi connectivity index (χ2v) is 5.88. The quantitative estimate of drug-likeness (QED) is 0.215. The number of halogens is 1. The molecule has 0 spiro atoms. The van der Waals surface area contributed by atoms with Gasteiger partial charge in [-0.2, -0.15) is 0 Å². The van der Waals surface area contributed by atoms with Crippen molar-refractivity contribution in [3.63, 3.8) is 0 Å². The summed E-state index contributed by atoms with van der Waals surface area (Å²) in [5, 5.41) is 6.76. The highest BCUT2D eigenvalue weighted by Gasteiger charge is 2.09. The summed E-state index contributed by atoms with van der Waals surface area (Å²) >= 11 is 0. The summed E-state index contributed by atoms with van der Waals surface area (Å²) in [6.07, 6.45) is 2.37. The van der Waals surface area contributed by atoms with Gasteiger partial charge in [0.1, 0.15) is 0 Å². The Kier molecular flexibility index (Phi) is 16.3. The lowest BCUT2D eigenvalue weighted by Gasteiger charge is -2.26. The van der Waals surface area contributed by atoms with Gasteiger partial charge in [-0.05, 0) is 39.4 Å². The Morgan fingerprint density at radius 3 is 2.42 bits per heavy atom. The standard InChI is InChI=1S/C17H37N5O.HI/c1-4-18-17(19-9-7-8-11-21(5-2)6-3)20-10-12-22-13-15-23-16-14-22;/h4-16H2,1-3H3,(H2,18,19,20);1H. The van der Waals surface area contributed by atoms with Gasteiger partial charge >= 0.3 is 0 Å². The van der Waals surface area contributed by atoms with Gasteiger partial charge in [-0.25, -0.2) is 0 Å². The van der Waals surface area contributed by atoms with E-state index in [2.05, 4.69) is 46.2 Å². The van der Waals surface area contributed by atoms with Gasteiger partial charge in [0.25, 0.3) is 0 Å². The molecule has 0 aromatic rings. The number of unbranched alkanes of at least 4 members (excludes halogenated alkanes) is 1. The molecular weight excluding hydrogens is 417 g/mol. The lowest BCUT2D eigenvalue weighted by atomic mass is 10.3. The summed E-state index contributed by atoms with van der Waals surface area (Å²) in [7, 11) is 0. The Labute approximate surface area is 165 Å². The zero-order valence-corrected chi connectivity index (χ0v) is 18.2. The number of hydrogen-bond acceptors (Lipinski definition) is 4. The SMILES string of the molecule is CCNC(=NCCCCN(CC)CC)NCCN1CCOCC1.I. The molecule has 1 heterocycles. The second-order valence-electron chi connectivity index (χ2n) is 5.88. The van der Waals surface area contributed by atoms with Crippen LogP contribution in [-0.2, 0) is 4.74 Å². The first-order chi connectivity index (χ1) is 11.3. The van der Waals surface area contributed by atoms with Crippen LogP contribution in [0.1, 0.15) is 33.6 Å². The summed E-state index contributed by atoms with van der Waals surface area (Å²) in [6.45, 7) is 17.6. The summed E-state index contributed by atoms with van der Waals surface area (Å²) in [5.74, 6) is 0.948. The van der Waals surface area contributed by atoms with E-state index >= 15 is 0 Å². The molecular formula is C17H38IN5O. The maximum atomic E-state index is 5.37. The predicted molar refractivity (Wildman–Crippen MR) is 114 cm³/mol. The Balaban J connectivity index is 0.00000529. The smallest absolute Gasteiger partial charge is 0.191 e. The van der Waals surface area contributed by atoms with Crippen molar-refractivity contribution in [3.05, 3.63) is 0 Å². The molecule has 1 saturated heterocycles. The van der Waals surface area contributed by atoms with Crippen LogP contribution in [0, 0.1) is 0 Å². The third kappa shape index (κ3) is 11.4. The highest BCUT2D eigenvalue weighted by molar-refractivity contribution is 14.0. The average Bonchev–Trinajstić information content (AvgIpc) is 2.59. The van der Waals surface area contributed by atoms with E-state index in [1.54, 1.807) is 0 Å². The average molecular weight is 455 g/mol. The molecule has 0 aliphatic carbocycles. The zero-order chi connectivity index (χ0) is 16.8. The number of nitrogens with zero attached hydrogens (tertiary/aromatic N) is 3. The molecule has 0 radical (unpaired) electrons. The number of ether oxygens (including phenoxy) is 1. The van der Waals surface area contributed by atoms with Crippen LogP contribution in [0.3, 0.4) is 0 Å². The Bertz CT molecular complexity index is 307. The molecule has 24 heavy (non-hydrogen) atoms. The Morgan fingerprint density at radius 1 is 1.08 bits per heavy atom. The Morgan fingerprint density at radius 2 is 1.79 bits per heavy atom. The monoisotopic (exact) mass is 455 g/mol. The minimum absolute atomic E-state index is 0. The van der Waals surface area contributed by atoms with E-state index in [4.69, 9.17) is 4.74 Å². The number of guanidine groups is 1. The third-order valence-corrected chi connectivity index (χ3v) is 4.22. The molecule has 0 aromatic carbocycles. The number of morpholine rings is 1. The molecule has 0 unspecified atom stereocenters. The fraction of sp³-hybridized carbons (Fsp3) is 0.941. The predicted octanol–water partition coefficient (Wildman–Crippen LogP) is 1.61. The number of rotatable bonds is 11. The van der Waals surface area contributed by atoms with Crippen LogP contribution in [0.2, 0.25) is 0 Å². The van der Waals surface area contributed by atoms with Crippen molar-refractivity contribution in [2.75, 3.05) is 72.1 Å². The topological polar surface area (TPSA) is 52.1 Å². The van der Waals surface area contributed by atoms with E-state index in [-0.39, 0.29) is 24.0 Å². The minimum atomic E-state index is 0. The molecule has 0 bridgehead atoms. The van der Waals surface area contributed by atoms with E-state index < -0.39 is 0 Å². The normalized spacial score (nSPS) is 16.1. The van der Waals surface area contributed by atoms with Crippen LogP contribution in [0.5, 0.6) is 0 Å². The van der Waals surface area contributed by atoms with Gasteiger partial charge < -0.3 is 20.3 Å². The molecule has 1 aliphatic rings. The third-order valence-electron chi connectivity index (χ3n) is 4.22. The van der Waals surface area contributed by atoms with Crippen LogP contribution in [0.4, 0.5) is 0 Å². The van der Waals surface area contributed by atoms with Crippen LogP contribution < -0.4 is 10.6 Å². The molecule has 0 atom stereocenters. The first-order valence-corrected chi connectivity index (χ1v) is 9.34. The molecule has 0 aromatic heterocycles. The van der Waals surface area contributed by atoms with E-state index in [0.717, 1.165) is 78.0 Å². The van der Waals surface area contributed by atoms with E-state index in [0.29, 0.717) is 0 Å². The Hall–Kier alpha value is -0.120. The second kappa shape index (κ2) is 16.4. The van der Waals surface area contributed by atoms with Gasteiger partial charge in [0.2, 0.25) is 0 Å². The van der Waals surface area contributed by atoms with Crippen molar-refractivity contribution < 1.29 is 4.74 Å². The molecule has 0 amide bonds. The summed E-state index contributed by atoms with van der Waals surface area (Å²) in [5.41, 5.74) is 0. The van der Waals surface area contributed by atoms with E-state index in [9.17, 15) is 0 Å². The van der Waals surface area contributed by atoms with Crippen molar-refractivity contribution >= 4 is 29.9 Å². The molecule has 1 rings (SSSR count). The van der Waals surface area contributed by atoms with Crippen LogP contribution in [0.15, 0.2) is 4.99 Å².